The Balaban J connectivity index is 1.34. The maximum atomic E-state index is 13.6. The molecule has 2 aliphatic rings. The van der Waals surface area contributed by atoms with E-state index in [1.165, 1.54) is 12.1 Å². The van der Waals surface area contributed by atoms with Crippen LogP contribution in [0.2, 0.25) is 0 Å². The number of benzene rings is 3. The van der Waals surface area contributed by atoms with Gasteiger partial charge in [-0.3, -0.25) is 9.59 Å². The quantitative estimate of drug-likeness (QED) is 0.574. The van der Waals surface area contributed by atoms with Gasteiger partial charge in [-0.2, -0.15) is 0 Å². The maximum Gasteiger partial charge on any atom is 0.262 e. The highest BCUT2D eigenvalue weighted by molar-refractivity contribution is 5.99. The zero-order chi connectivity index (χ0) is 24.4. The molecule has 1 atom stereocenters. The smallest absolute Gasteiger partial charge is 0.262 e. The van der Waals surface area contributed by atoms with Crippen molar-refractivity contribution in [2.24, 2.45) is 5.92 Å². The summed E-state index contributed by atoms with van der Waals surface area (Å²) in [7, 11) is 1.65. The lowest BCUT2D eigenvalue weighted by atomic mass is 9.76. The van der Waals surface area contributed by atoms with Crippen molar-refractivity contribution in [3.05, 3.63) is 89.2 Å². The molecule has 1 saturated heterocycles. The summed E-state index contributed by atoms with van der Waals surface area (Å²) in [6.45, 7) is 1.21. The van der Waals surface area contributed by atoms with E-state index >= 15 is 0 Å². The molecule has 3 aromatic carbocycles. The number of fused-ring (bicyclic) bond motifs is 1. The fourth-order valence-electron chi connectivity index (χ4n) is 5.08. The topological polar surface area (TPSA) is 67.9 Å². The largest absolute Gasteiger partial charge is 0.497 e. The monoisotopic (exact) mass is 474 g/mol. The highest BCUT2D eigenvalue weighted by atomic mass is 19.1. The van der Waals surface area contributed by atoms with Gasteiger partial charge in [0.2, 0.25) is 0 Å². The number of amides is 2. The average Bonchev–Trinajstić information content (AvgIpc) is 2.89. The molecule has 0 bridgehead atoms. The van der Waals surface area contributed by atoms with Crippen LogP contribution in [-0.4, -0.2) is 43.5 Å². The van der Waals surface area contributed by atoms with Crippen molar-refractivity contribution in [3.63, 3.8) is 0 Å². The number of carbonyl (C=O) groups excluding carboxylic acids is 2. The second-order valence-electron chi connectivity index (χ2n) is 8.98. The van der Waals surface area contributed by atoms with E-state index in [0.717, 1.165) is 29.7 Å². The second-order valence-corrected chi connectivity index (χ2v) is 8.98. The molecule has 2 amide bonds. The molecular formula is C28H27FN2O4. The van der Waals surface area contributed by atoms with Gasteiger partial charge in [-0.05, 0) is 72.4 Å². The van der Waals surface area contributed by atoms with Gasteiger partial charge in [0.05, 0.1) is 12.8 Å². The van der Waals surface area contributed by atoms with E-state index in [1.807, 2.05) is 35.2 Å². The molecule has 0 aromatic heterocycles. The van der Waals surface area contributed by atoms with Crippen LogP contribution in [0.5, 0.6) is 11.5 Å². The van der Waals surface area contributed by atoms with E-state index < -0.39 is 0 Å². The molecule has 0 spiro atoms. The molecular weight excluding hydrogens is 447 g/mol. The number of nitrogens with zero attached hydrogens (tertiary/aromatic N) is 1. The van der Waals surface area contributed by atoms with Gasteiger partial charge in [0.1, 0.15) is 17.3 Å². The van der Waals surface area contributed by atoms with Crippen LogP contribution in [0, 0.1) is 11.7 Å². The van der Waals surface area contributed by atoms with Gasteiger partial charge in [-0.1, -0.05) is 24.3 Å². The Bertz CT molecular complexity index is 1240. The standard InChI is InChI=1S/C28H27FN2O4/c1-34-23-4-2-3-20(15-23)27(18-5-8-22(29)9-6-18)19-11-13-31(14-12-19)28(33)21-7-10-25-24(16-21)30-26(32)17-35-25/h2-10,15-16,19,27H,11-14,17H2,1H3,(H,30,32)/t27-/m1/s1. The number of anilines is 1. The number of likely N-dealkylation sites (tertiary alicyclic amines) is 1. The minimum Gasteiger partial charge on any atom is -0.497 e. The van der Waals surface area contributed by atoms with Gasteiger partial charge in [0.25, 0.3) is 11.8 Å². The molecule has 0 unspecified atom stereocenters. The second kappa shape index (κ2) is 9.78. The fourth-order valence-corrected chi connectivity index (χ4v) is 5.08. The molecule has 0 radical (unpaired) electrons. The van der Waals surface area contributed by atoms with Crippen LogP contribution in [0.1, 0.15) is 40.2 Å². The molecule has 1 N–H and O–H groups in total. The summed E-state index contributed by atoms with van der Waals surface area (Å²) in [6.07, 6.45) is 1.63. The van der Waals surface area contributed by atoms with E-state index in [4.69, 9.17) is 9.47 Å². The van der Waals surface area contributed by atoms with Crippen LogP contribution in [0.15, 0.2) is 66.7 Å². The van der Waals surface area contributed by atoms with E-state index in [9.17, 15) is 14.0 Å². The number of hydrogen-bond donors (Lipinski definition) is 1. The number of nitrogens with one attached hydrogen (secondary N) is 1. The SMILES string of the molecule is COc1cccc([C@H](c2ccc(F)cc2)C2CCN(C(=O)c3ccc4c(c3)NC(=O)CO4)CC2)c1. The van der Waals surface area contributed by atoms with E-state index in [2.05, 4.69) is 11.4 Å². The lowest BCUT2D eigenvalue weighted by Crippen LogP contribution is -2.40. The Morgan fingerprint density at radius 2 is 1.83 bits per heavy atom. The van der Waals surface area contributed by atoms with Crippen molar-refractivity contribution in [2.75, 3.05) is 32.1 Å². The van der Waals surface area contributed by atoms with Crippen LogP contribution in [0.4, 0.5) is 10.1 Å². The minimum atomic E-state index is -0.259. The summed E-state index contributed by atoms with van der Waals surface area (Å²) >= 11 is 0. The van der Waals surface area contributed by atoms with Gasteiger partial charge in [0.15, 0.2) is 6.61 Å². The first-order chi connectivity index (χ1) is 17.0. The first-order valence-electron chi connectivity index (χ1n) is 11.8. The predicted molar refractivity (Wildman–Crippen MR) is 130 cm³/mol. The molecule has 0 aliphatic carbocycles. The summed E-state index contributed by atoms with van der Waals surface area (Å²) in [4.78, 5) is 26.7. The zero-order valence-corrected chi connectivity index (χ0v) is 19.5. The number of piperidine rings is 1. The lowest BCUT2D eigenvalue weighted by molar-refractivity contribution is -0.118. The number of ether oxygens (including phenoxy) is 2. The van der Waals surface area contributed by atoms with Crippen LogP contribution in [0.3, 0.4) is 0 Å². The lowest BCUT2D eigenvalue weighted by Gasteiger charge is -2.37. The highest BCUT2D eigenvalue weighted by Gasteiger charge is 2.31. The molecule has 2 aliphatic heterocycles. The average molecular weight is 475 g/mol. The molecule has 180 valence electrons. The van der Waals surface area contributed by atoms with Gasteiger partial charge < -0.3 is 19.7 Å². The third-order valence-corrected chi connectivity index (χ3v) is 6.84. The third-order valence-electron chi connectivity index (χ3n) is 6.84. The molecule has 3 aromatic rings. The highest BCUT2D eigenvalue weighted by Crippen LogP contribution is 2.39. The van der Waals surface area contributed by atoms with Crippen molar-refractivity contribution >= 4 is 17.5 Å². The van der Waals surface area contributed by atoms with Crippen LogP contribution in [0.25, 0.3) is 0 Å². The van der Waals surface area contributed by atoms with Crippen molar-refractivity contribution in [3.8, 4) is 11.5 Å². The summed E-state index contributed by atoms with van der Waals surface area (Å²) in [5.41, 5.74) is 3.22. The Hall–Kier alpha value is -3.87. The predicted octanol–water partition coefficient (Wildman–Crippen LogP) is 4.85. The molecule has 2 heterocycles. The maximum absolute atomic E-state index is 13.6. The van der Waals surface area contributed by atoms with Crippen molar-refractivity contribution in [1.82, 2.24) is 4.90 Å². The van der Waals surface area contributed by atoms with E-state index in [1.54, 1.807) is 25.3 Å². The summed E-state index contributed by atoms with van der Waals surface area (Å²) < 4.78 is 24.5. The Kier molecular flexibility index (Phi) is 6.40. The Morgan fingerprint density at radius 1 is 1.06 bits per heavy atom. The van der Waals surface area contributed by atoms with Gasteiger partial charge in [-0.25, -0.2) is 4.39 Å². The van der Waals surface area contributed by atoms with Gasteiger partial charge >= 0.3 is 0 Å². The number of rotatable bonds is 5. The molecule has 0 saturated carbocycles. The Morgan fingerprint density at radius 3 is 2.57 bits per heavy atom. The van der Waals surface area contributed by atoms with Gasteiger partial charge in [0, 0.05) is 24.6 Å². The first-order valence-corrected chi connectivity index (χ1v) is 11.8. The first kappa shape index (κ1) is 22.9. The number of halogens is 1. The van der Waals surface area contributed by atoms with Crippen LogP contribution in [-0.2, 0) is 4.79 Å². The molecule has 5 rings (SSSR count). The van der Waals surface area contributed by atoms with Crippen molar-refractivity contribution in [1.29, 1.82) is 0 Å². The molecule has 7 heteroatoms. The van der Waals surface area contributed by atoms with Crippen LogP contribution >= 0.6 is 0 Å². The molecule has 1 fully saturated rings. The van der Waals surface area contributed by atoms with E-state index in [-0.39, 0.29) is 36.1 Å². The summed E-state index contributed by atoms with van der Waals surface area (Å²) in [6, 6.07) is 19.8. The summed E-state index contributed by atoms with van der Waals surface area (Å²) in [5, 5.41) is 2.76. The van der Waals surface area contributed by atoms with Crippen molar-refractivity contribution < 1.29 is 23.5 Å². The molecule has 6 nitrogen and oxygen atoms in total. The van der Waals surface area contributed by atoms with E-state index in [0.29, 0.717) is 30.1 Å². The summed E-state index contributed by atoms with van der Waals surface area (Å²) in [5.74, 6) is 1.15. The zero-order valence-electron chi connectivity index (χ0n) is 19.5. The van der Waals surface area contributed by atoms with Gasteiger partial charge in [-0.15, -0.1) is 0 Å². The normalized spacial score (nSPS) is 16.6. The third kappa shape index (κ3) is 4.85. The molecule has 35 heavy (non-hydrogen) atoms. The van der Waals surface area contributed by atoms with Crippen molar-refractivity contribution in [2.45, 2.75) is 18.8 Å². The Labute approximate surface area is 203 Å². The number of hydrogen-bond acceptors (Lipinski definition) is 4. The minimum absolute atomic E-state index is 0.0175. The van der Waals surface area contributed by atoms with Crippen LogP contribution < -0.4 is 14.8 Å². The fraction of sp³-hybridized carbons (Fsp3) is 0.286. The number of carbonyl (C=O) groups is 2. The number of methoxy groups -OCH3 is 1.